The Bertz CT molecular complexity index is 1020. The van der Waals surface area contributed by atoms with E-state index in [1.807, 2.05) is 0 Å². The first kappa shape index (κ1) is 22.4. The molecule has 4 rings (SSSR count). The average molecular weight is 456 g/mol. The number of likely N-dealkylation sites (tertiary alicyclic amines) is 1. The molecule has 2 aliphatic rings. The molecular formula is C23H25FN4O5. The van der Waals surface area contributed by atoms with E-state index in [9.17, 15) is 18.8 Å². The highest BCUT2D eigenvalue weighted by Gasteiger charge is 2.24. The Labute approximate surface area is 190 Å². The highest BCUT2D eigenvalue weighted by Crippen LogP contribution is 2.32. The van der Waals surface area contributed by atoms with E-state index in [2.05, 4.69) is 16.0 Å². The number of fused-ring (bicyclic) bond motifs is 1. The summed E-state index contributed by atoms with van der Waals surface area (Å²) in [5, 5.41) is 7.96. The third kappa shape index (κ3) is 5.91. The van der Waals surface area contributed by atoms with E-state index in [-0.39, 0.29) is 17.8 Å². The zero-order chi connectivity index (χ0) is 23.2. The Balaban J connectivity index is 1.18. The van der Waals surface area contributed by atoms with Crippen molar-refractivity contribution in [1.82, 2.24) is 10.2 Å². The summed E-state index contributed by atoms with van der Waals surface area (Å²) in [6, 6.07) is 10.3. The van der Waals surface area contributed by atoms with Gasteiger partial charge in [-0.3, -0.25) is 9.59 Å². The minimum Gasteiger partial charge on any atom is -0.486 e. The largest absolute Gasteiger partial charge is 0.486 e. The van der Waals surface area contributed by atoms with Crippen LogP contribution in [0.1, 0.15) is 12.8 Å². The van der Waals surface area contributed by atoms with Crippen LogP contribution in [-0.2, 0) is 9.59 Å². The van der Waals surface area contributed by atoms with Gasteiger partial charge < -0.3 is 30.3 Å². The molecule has 4 amide bonds. The highest BCUT2D eigenvalue weighted by molar-refractivity contribution is 6.39. The smallest absolute Gasteiger partial charge is 0.321 e. The van der Waals surface area contributed by atoms with Crippen molar-refractivity contribution in [3.63, 3.8) is 0 Å². The zero-order valence-corrected chi connectivity index (χ0v) is 17.9. The van der Waals surface area contributed by atoms with Crippen molar-refractivity contribution in [3.05, 3.63) is 48.3 Å². The van der Waals surface area contributed by atoms with Gasteiger partial charge in [-0.15, -0.1) is 0 Å². The normalized spacial score (nSPS) is 15.5. The molecule has 0 aromatic heterocycles. The molecule has 0 bridgehead atoms. The van der Waals surface area contributed by atoms with Crippen LogP contribution >= 0.6 is 0 Å². The zero-order valence-electron chi connectivity index (χ0n) is 17.9. The first-order valence-electron chi connectivity index (χ1n) is 10.8. The fraction of sp³-hybridized carbons (Fsp3) is 0.348. The number of rotatable bonds is 4. The van der Waals surface area contributed by atoms with Gasteiger partial charge in [0.15, 0.2) is 11.5 Å². The van der Waals surface area contributed by atoms with Crippen LogP contribution in [-0.4, -0.2) is 55.6 Å². The molecular weight excluding hydrogens is 431 g/mol. The highest BCUT2D eigenvalue weighted by atomic mass is 19.1. The second-order valence-corrected chi connectivity index (χ2v) is 7.89. The lowest BCUT2D eigenvalue weighted by Crippen LogP contribution is -2.44. The van der Waals surface area contributed by atoms with E-state index in [0.717, 1.165) is 0 Å². The van der Waals surface area contributed by atoms with Crippen LogP contribution in [0.25, 0.3) is 0 Å². The van der Waals surface area contributed by atoms with Gasteiger partial charge >= 0.3 is 17.8 Å². The van der Waals surface area contributed by atoms with Gasteiger partial charge in [-0.1, -0.05) is 0 Å². The standard InChI is InChI=1S/C23H25FN4O5/c24-16-1-3-17(4-2-16)27-23(31)28-9-7-15(8-10-28)14-25-21(29)22(30)26-18-5-6-19-20(13-18)33-12-11-32-19/h1-6,13,15H,7-12,14H2,(H,25,29)(H,26,30)(H,27,31). The number of urea groups is 1. The summed E-state index contributed by atoms with van der Waals surface area (Å²) in [6.07, 6.45) is 1.39. The van der Waals surface area contributed by atoms with Gasteiger partial charge in [0, 0.05) is 37.1 Å². The van der Waals surface area contributed by atoms with Crippen LogP contribution in [0.2, 0.25) is 0 Å². The molecule has 0 unspecified atom stereocenters. The number of nitrogens with one attached hydrogen (secondary N) is 3. The van der Waals surface area contributed by atoms with E-state index < -0.39 is 11.8 Å². The van der Waals surface area contributed by atoms with Gasteiger partial charge in [0.2, 0.25) is 0 Å². The number of halogens is 1. The maximum atomic E-state index is 13.0. The summed E-state index contributed by atoms with van der Waals surface area (Å²) in [5.74, 6) is -0.568. The summed E-state index contributed by atoms with van der Waals surface area (Å²) in [6.45, 7) is 2.30. The Morgan fingerprint density at radius 2 is 1.55 bits per heavy atom. The van der Waals surface area contributed by atoms with Crippen LogP contribution in [0.5, 0.6) is 11.5 Å². The number of ether oxygens (including phenoxy) is 2. The summed E-state index contributed by atoms with van der Waals surface area (Å²) in [5.41, 5.74) is 0.972. The molecule has 0 saturated carbocycles. The first-order valence-corrected chi connectivity index (χ1v) is 10.8. The summed E-state index contributed by atoms with van der Waals surface area (Å²) < 4.78 is 23.9. The topological polar surface area (TPSA) is 109 Å². The van der Waals surface area contributed by atoms with Crippen LogP contribution in [0.3, 0.4) is 0 Å². The van der Waals surface area contributed by atoms with E-state index in [4.69, 9.17) is 9.47 Å². The predicted octanol–water partition coefficient (Wildman–Crippen LogP) is 2.60. The third-order valence-electron chi connectivity index (χ3n) is 5.55. The Morgan fingerprint density at radius 3 is 2.27 bits per heavy atom. The summed E-state index contributed by atoms with van der Waals surface area (Å²) in [7, 11) is 0. The Morgan fingerprint density at radius 1 is 0.879 bits per heavy atom. The SMILES string of the molecule is O=C(NCC1CCN(C(=O)Nc2ccc(F)cc2)CC1)C(=O)Nc1ccc2c(c1)OCCO2. The third-order valence-corrected chi connectivity index (χ3v) is 5.55. The van der Waals surface area contributed by atoms with Crippen molar-refractivity contribution in [1.29, 1.82) is 0 Å². The molecule has 0 radical (unpaired) electrons. The minimum atomic E-state index is -0.761. The molecule has 3 N–H and O–H groups in total. The van der Waals surface area contributed by atoms with Crippen LogP contribution in [0.4, 0.5) is 20.6 Å². The molecule has 174 valence electrons. The fourth-order valence-corrected chi connectivity index (χ4v) is 3.70. The molecule has 0 atom stereocenters. The van der Waals surface area contributed by atoms with Crippen molar-refractivity contribution < 1.29 is 28.2 Å². The van der Waals surface area contributed by atoms with Gasteiger partial charge in [0.05, 0.1) is 0 Å². The molecule has 9 nitrogen and oxygen atoms in total. The van der Waals surface area contributed by atoms with Crippen LogP contribution in [0, 0.1) is 11.7 Å². The molecule has 2 aliphatic heterocycles. The van der Waals surface area contributed by atoms with Crippen molar-refractivity contribution in [2.75, 3.05) is 43.5 Å². The number of benzene rings is 2. The summed E-state index contributed by atoms with van der Waals surface area (Å²) in [4.78, 5) is 38.4. The van der Waals surface area contributed by atoms with Crippen molar-refractivity contribution in [3.8, 4) is 11.5 Å². The second-order valence-electron chi connectivity index (χ2n) is 7.89. The van der Waals surface area contributed by atoms with Crippen molar-refractivity contribution >= 4 is 29.2 Å². The van der Waals surface area contributed by atoms with Gasteiger partial charge in [0.1, 0.15) is 19.0 Å². The maximum absolute atomic E-state index is 13.0. The van der Waals surface area contributed by atoms with E-state index in [1.54, 1.807) is 23.1 Å². The number of amides is 4. The predicted molar refractivity (Wildman–Crippen MR) is 119 cm³/mol. The fourth-order valence-electron chi connectivity index (χ4n) is 3.70. The molecule has 2 aromatic carbocycles. The molecule has 2 aromatic rings. The molecule has 2 heterocycles. The number of hydrogen-bond donors (Lipinski definition) is 3. The number of piperidine rings is 1. The van der Waals surface area contributed by atoms with E-state index in [1.165, 1.54) is 24.3 Å². The van der Waals surface area contributed by atoms with Crippen LogP contribution in [0.15, 0.2) is 42.5 Å². The first-order chi connectivity index (χ1) is 16.0. The van der Waals surface area contributed by atoms with Gasteiger partial charge in [-0.2, -0.15) is 0 Å². The number of carbonyl (C=O) groups is 3. The molecule has 0 spiro atoms. The lowest BCUT2D eigenvalue weighted by Gasteiger charge is -2.32. The number of nitrogens with zero attached hydrogens (tertiary/aromatic N) is 1. The Kier molecular flexibility index (Phi) is 6.92. The Hall–Kier alpha value is -3.82. The van der Waals surface area contributed by atoms with Gasteiger partial charge in [-0.05, 0) is 55.2 Å². The monoisotopic (exact) mass is 456 g/mol. The molecule has 33 heavy (non-hydrogen) atoms. The molecule has 1 fully saturated rings. The molecule has 10 heteroatoms. The lowest BCUT2D eigenvalue weighted by atomic mass is 9.97. The lowest BCUT2D eigenvalue weighted by molar-refractivity contribution is -0.136. The van der Waals surface area contributed by atoms with Crippen LogP contribution < -0.4 is 25.4 Å². The quantitative estimate of drug-likeness (QED) is 0.613. The van der Waals surface area contributed by atoms with Crippen molar-refractivity contribution in [2.45, 2.75) is 12.8 Å². The van der Waals surface area contributed by atoms with Crippen molar-refractivity contribution in [2.24, 2.45) is 5.92 Å². The van der Waals surface area contributed by atoms with Gasteiger partial charge in [0.25, 0.3) is 0 Å². The van der Waals surface area contributed by atoms with E-state index >= 15 is 0 Å². The average Bonchev–Trinajstić information content (AvgIpc) is 2.84. The molecule has 0 aliphatic carbocycles. The van der Waals surface area contributed by atoms with E-state index in [0.29, 0.717) is 68.6 Å². The number of carbonyl (C=O) groups excluding carboxylic acids is 3. The number of hydrogen-bond acceptors (Lipinski definition) is 5. The number of anilines is 2. The minimum absolute atomic E-state index is 0.158. The molecule has 1 saturated heterocycles. The second kappa shape index (κ2) is 10.2. The van der Waals surface area contributed by atoms with Gasteiger partial charge in [-0.25, -0.2) is 9.18 Å². The maximum Gasteiger partial charge on any atom is 0.321 e. The summed E-state index contributed by atoms with van der Waals surface area (Å²) >= 11 is 0.